The topological polar surface area (TPSA) is 63.1 Å². The predicted molar refractivity (Wildman–Crippen MR) is 59.6 cm³/mol. The standard InChI is InChI=1S/C11H8N2O2S/c14-11(15)9-6-13-10(7-12-9)16-8-4-2-1-3-5-8/h1-7H,(H,14,15). The lowest BCUT2D eigenvalue weighted by Gasteiger charge is -1.99. The third-order valence-electron chi connectivity index (χ3n) is 1.81. The molecule has 2 aromatic rings. The van der Waals surface area contributed by atoms with Gasteiger partial charge in [-0.1, -0.05) is 30.0 Å². The van der Waals surface area contributed by atoms with Gasteiger partial charge in [0.05, 0.1) is 12.4 Å². The van der Waals surface area contributed by atoms with Gasteiger partial charge in [0.2, 0.25) is 0 Å². The molecule has 80 valence electrons. The van der Waals surface area contributed by atoms with Crippen molar-refractivity contribution in [3.8, 4) is 0 Å². The highest BCUT2D eigenvalue weighted by molar-refractivity contribution is 7.99. The fraction of sp³-hybridized carbons (Fsp3) is 0. The van der Waals surface area contributed by atoms with Gasteiger partial charge in [0.1, 0.15) is 5.03 Å². The normalized spacial score (nSPS) is 10.0. The van der Waals surface area contributed by atoms with Gasteiger partial charge in [0.25, 0.3) is 0 Å². The molecule has 0 fully saturated rings. The molecule has 0 aliphatic carbocycles. The zero-order valence-electron chi connectivity index (χ0n) is 8.20. The maximum absolute atomic E-state index is 10.6. The second kappa shape index (κ2) is 4.76. The Hall–Kier alpha value is -1.88. The first-order valence-corrected chi connectivity index (χ1v) is 5.35. The highest BCUT2D eigenvalue weighted by Gasteiger charge is 2.05. The van der Waals surface area contributed by atoms with E-state index >= 15 is 0 Å². The molecule has 1 aromatic heterocycles. The molecule has 0 spiro atoms. The molecule has 0 bridgehead atoms. The van der Waals surface area contributed by atoms with Crippen LogP contribution in [-0.4, -0.2) is 21.0 Å². The van der Waals surface area contributed by atoms with E-state index < -0.39 is 5.97 Å². The summed E-state index contributed by atoms with van der Waals surface area (Å²) < 4.78 is 0. The first kappa shape index (κ1) is 10.6. The zero-order chi connectivity index (χ0) is 11.4. The molecule has 1 heterocycles. The molecule has 0 atom stereocenters. The van der Waals surface area contributed by atoms with Crippen LogP contribution >= 0.6 is 11.8 Å². The van der Waals surface area contributed by atoms with Crippen molar-refractivity contribution >= 4 is 17.7 Å². The Morgan fingerprint density at radius 1 is 1.12 bits per heavy atom. The Bertz CT molecular complexity index is 485. The third kappa shape index (κ3) is 2.58. The Morgan fingerprint density at radius 3 is 2.44 bits per heavy atom. The minimum absolute atomic E-state index is 0.0441. The van der Waals surface area contributed by atoms with Crippen LogP contribution in [0.1, 0.15) is 10.5 Å². The minimum atomic E-state index is -1.07. The van der Waals surface area contributed by atoms with Crippen molar-refractivity contribution in [1.29, 1.82) is 0 Å². The SMILES string of the molecule is O=C(O)c1cnc(Sc2ccccc2)cn1. The van der Waals surface area contributed by atoms with Gasteiger partial charge >= 0.3 is 5.97 Å². The van der Waals surface area contributed by atoms with Crippen LogP contribution in [-0.2, 0) is 0 Å². The predicted octanol–water partition coefficient (Wildman–Crippen LogP) is 2.33. The van der Waals surface area contributed by atoms with Gasteiger partial charge in [-0.25, -0.2) is 14.8 Å². The number of hydrogen-bond acceptors (Lipinski definition) is 4. The number of aromatic carboxylic acids is 1. The van der Waals surface area contributed by atoms with Crippen LogP contribution in [0.15, 0.2) is 52.6 Å². The van der Waals surface area contributed by atoms with Crippen molar-refractivity contribution < 1.29 is 9.90 Å². The molecule has 0 saturated heterocycles. The molecule has 0 aliphatic rings. The molecule has 2 rings (SSSR count). The molecule has 1 N–H and O–H groups in total. The summed E-state index contributed by atoms with van der Waals surface area (Å²) in [6, 6.07) is 9.71. The van der Waals surface area contributed by atoms with E-state index in [9.17, 15) is 4.79 Å². The molecule has 0 aliphatic heterocycles. The average molecular weight is 232 g/mol. The molecule has 1 aromatic carbocycles. The summed E-state index contributed by atoms with van der Waals surface area (Å²) in [6.07, 6.45) is 2.72. The van der Waals surface area contributed by atoms with Crippen LogP contribution < -0.4 is 0 Å². The number of carboxylic acid groups (broad SMARTS) is 1. The van der Waals surface area contributed by atoms with E-state index in [1.807, 2.05) is 30.3 Å². The summed E-state index contributed by atoms with van der Waals surface area (Å²) >= 11 is 1.44. The van der Waals surface area contributed by atoms with Crippen LogP contribution in [0.25, 0.3) is 0 Å². The van der Waals surface area contributed by atoms with Crippen molar-refractivity contribution in [2.45, 2.75) is 9.92 Å². The second-order valence-corrected chi connectivity index (χ2v) is 4.05. The lowest BCUT2D eigenvalue weighted by molar-refractivity contribution is 0.0689. The Morgan fingerprint density at radius 2 is 1.88 bits per heavy atom. The summed E-state index contributed by atoms with van der Waals surface area (Å²) in [4.78, 5) is 19.4. The van der Waals surface area contributed by atoms with Gasteiger partial charge in [0, 0.05) is 4.90 Å². The maximum atomic E-state index is 10.6. The van der Waals surface area contributed by atoms with Crippen LogP contribution in [0.2, 0.25) is 0 Å². The summed E-state index contributed by atoms with van der Waals surface area (Å²) in [6.45, 7) is 0. The van der Waals surface area contributed by atoms with Crippen molar-refractivity contribution in [3.05, 3.63) is 48.4 Å². The first-order valence-electron chi connectivity index (χ1n) is 4.54. The molecular weight excluding hydrogens is 224 g/mol. The Labute approximate surface area is 96.4 Å². The van der Waals surface area contributed by atoms with Crippen molar-refractivity contribution in [1.82, 2.24) is 9.97 Å². The number of nitrogens with zero attached hydrogens (tertiary/aromatic N) is 2. The molecule has 5 heteroatoms. The molecule has 0 saturated carbocycles. The van der Waals surface area contributed by atoms with Gasteiger partial charge in [-0.3, -0.25) is 0 Å². The van der Waals surface area contributed by atoms with Crippen LogP contribution in [0.5, 0.6) is 0 Å². The summed E-state index contributed by atoms with van der Waals surface area (Å²) in [5, 5.41) is 9.33. The number of aromatic nitrogens is 2. The van der Waals surface area contributed by atoms with Crippen LogP contribution in [0, 0.1) is 0 Å². The highest BCUT2D eigenvalue weighted by atomic mass is 32.2. The minimum Gasteiger partial charge on any atom is -0.476 e. The third-order valence-corrected chi connectivity index (χ3v) is 2.74. The Balaban J connectivity index is 2.14. The summed E-state index contributed by atoms with van der Waals surface area (Å²) in [5.41, 5.74) is -0.0441. The van der Waals surface area contributed by atoms with Gasteiger partial charge in [-0.15, -0.1) is 0 Å². The molecule has 0 radical (unpaired) electrons. The van der Waals surface area contributed by atoms with Crippen molar-refractivity contribution in [3.63, 3.8) is 0 Å². The van der Waals surface area contributed by atoms with E-state index in [0.29, 0.717) is 5.03 Å². The quantitative estimate of drug-likeness (QED) is 0.879. The summed E-state index contributed by atoms with van der Waals surface area (Å²) in [5.74, 6) is -1.07. The number of carboxylic acids is 1. The number of carbonyl (C=O) groups is 1. The lowest BCUT2D eigenvalue weighted by atomic mass is 10.4. The van der Waals surface area contributed by atoms with Gasteiger partial charge < -0.3 is 5.11 Å². The van der Waals surface area contributed by atoms with E-state index in [1.54, 1.807) is 0 Å². The molecule has 4 nitrogen and oxygen atoms in total. The van der Waals surface area contributed by atoms with Gasteiger partial charge in [-0.2, -0.15) is 0 Å². The van der Waals surface area contributed by atoms with E-state index in [0.717, 1.165) is 4.90 Å². The average Bonchev–Trinajstić information content (AvgIpc) is 2.31. The summed E-state index contributed by atoms with van der Waals surface area (Å²) in [7, 11) is 0. The maximum Gasteiger partial charge on any atom is 0.356 e. The Kier molecular flexibility index (Phi) is 3.16. The molecular formula is C11H8N2O2S. The van der Waals surface area contributed by atoms with E-state index in [2.05, 4.69) is 9.97 Å². The van der Waals surface area contributed by atoms with Crippen molar-refractivity contribution in [2.75, 3.05) is 0 Å². The lowest BCUT2D eigenvalue weighted by Crippen LogP contribution is -2.00. The smallest absolute Gasteiger partial charge is 0.356 e. The largest absolute Gasteiger partial charge is 0.476 e. The molecule has 0 unspecified atom stereocenters. The van der Waals surface area contributed by atoms with Gasteiger partial charge in [0.15, 0.2) is 5.69 Å². The number of benzene rings is 1. The van der Waals surface area contributed by atoms with Crippen LogP contribution in [0.4, 0.5) is 0 Å². The van der Waals surface area contributed by atoms with E-state index in [4.69, 9.17) is 5.11 Å². The second-order valence-electron chi connectivity index (χ2n) is 2.96. The van der Waals surface area contributed by atoms with Crippen molar-refractivity contribution in [2.24, 2.45) is 0 Å². The van der Waals surface area contributed by atoms with Gasteiger partial charge in [-0.05, 0) is 12.1 Å². The monoisotopic (exact) mass is 232 g/mol. The fourth-order valence-electron chi connectivity index (χ4n) is 1.09. The van der Waals surface area contributed by atoms with Crippen LogP contribution in [0.3, 0.4) is 0 Å². The van der Waals surface area contributed by atoms with E-state index in [-0.39, 0.29) is 5.69 Å². The first-order chi connectivity index (χ1) is 7.75. The molecule has 0 amide bonds. The highest BCUT2D eigenvalue weighted by Crippen LogP contribution is 2.24. The van der Waals surface area contributed by atoms with E-state index in [1.165, 1.54) is 24.2 Å². The number of hydrogen-bond donors (Lipinski definition) is 1. The molecule has 16 heavy (non-hydrogen) atoms. The fourth-order valence-corrected chi connectivity index (χ4v) is 1.83. The zero-order valence-corrected chi connectivity index (χ0v) is 9.02. The number of rotatable bonds is 3.